The highest BCUT2D eigenvalue weighted by molar-refractivity contribution is 7.26. The summed E-state index contributed by atoms with van der Waals surface area (Å²) < 4.78 is 8.57. The van der Waals surface area contributed by atoms with E-state index in [0.29, 0.717) is 11.7 Å². The van der Waals surface area contributed by atoms with E-state index in [-0.39, 0.29) is 5.41 Å². The minimum Gasteiger partial charge on any atom is -0.436 e. The summed E-state index contributed by atoms with van der Waals surface area (Å²) in [5.41, 5.74) is 10.1. The van der Waals surface area contributed by atoms with E-state index in [1.165, 1.54) is 36.9 Å². The van der Waals surface area contributed by atoms with Gasteiger partial charge in [0.2, 0.25) is 5.89 Å². The summed E-state index contributed by atoms with van der Waals surface area (Å²) in [6.45, 7) is 4.59. The van der Waals surface area contributed by atoms with E-state index in [2.05, 4.69) is 97.7 Å². The molecular weight excluding hydrogens is 547 g/mol. The SMILES string of the molecule is CC1(C)c2ccccc2-c2nc(-c3ccc(-c4nc5ccccc5o4)cc3)nc(-c3cccc4c3sc3ccccc34)c21. The zero-order chi connectivity index (χ0) is 28.7. The summed E-state index contributed by atoms with van der Waals surface area (Å²) in [5, 5.41) is 2.55. The fourth-order valence-corrected chi connectivity index (χ4v) is 7.85. The molecule has 0 saturated carbocycles. The van der Waals surface area contributed by atoms with Crippen molar-refractivity contribution in [3.8, 4) is 45.4 Å². The van der Waals surface area contributed by atoms with Gasteiger partial charge in [-0.25, -0.2) is 15.0 Å². The average molecular weight is 572 g/mol. The second-order valence-corrected chi connectivity index (χ2v) is 12.7. The minimum absolute atomic E-state index is 0.241. The molecule has 5 heteroatoms. The number of hydrogen-bond acceptors (Lipinski definition) is 5. The van der Waals surface area contributed by atoms with Crippen LogP contribution in [0.1, 0.15) is 25.0 Å². The van der Waals surface area contributed by atoms with Crippen molar-refractivity contribution in [2.24, 2.45) is 0 Å². The predicted octanol–water partition coefficient (Wildman–Crippen LogP) is 10.3. The van der Waals surface area contributed by atoms with Gasteiger partial charge in [0.1, 0.15) is 5.52 Å². The van der Waals surface area contributed by atoms with E-state index in [1.807, 2.05) is 47.7 Å². The lowest BCUT2D eigenvalue weighted by Gasteiger charge is -2.24. The number of hydrogen-bond donors (Lipinski definition) is 0. The lowest BCUT2D eigenvalue weighted by Crippen LogP contribution is -2.17. The molecule has 5 aromatic carbocycles. The monoisotopic (exact) mass is 571 g/mol. The summed E-state index contributed by atoms with van der Waals surface area (Å²) in [5.74, 6) is 1.32. The molecule has 0 amide bonds. The molecule has 0 fully saturated rings. The maximum Gasteiger partial charge on any atom is 0.227 e. The molecule has 0 spiro atoms. The first-order valence-electron chi connectivity index (χ1n) is 14.5. The van der Waals surface area contributed by atoms with Gasteiger partial charge >= 0.3 is 0 Å². The second kappa shape index (κ2) is 8.93. The molecule has 0 N–H and O–H groups in total. The molecule has 0 atom stereocenters. The fourth-order valence-electron chi connectivity index (χ4n) is 6.63. The molecule has 4 nitrogen and oxygen atoms in total. The van der Waals surface area contributed by atoms with Gasteiger partial charge in [-0.2, -0.15) is 0 Å². The van der Waals surface area contributed by atoms with Crippen molar-refractivity contribution in [3.05, 3.63) is 126 Å². The average Bonchev–Trinajstić information content (AvgIpc) is 3.72. The number of para-hydroxylation sites is 2. The van der Waals surface area contributed by atoms with Gasteiger partial charge in [-0.15, -0.1) is 11.3 Å². The normalized spacial score (nSPS) is 13.5. The van der Waals surface area contributed by atoms with Gasteiger partial charge in [0.15, 0.2) is 11.4 Å². The lowest BCUT2D eigenvalue weighted by molar-refractivity contribution is 0.620. The van der Waals surface area contributed by atoms with Gasteiger partial charge in [-0.1, -0.05) is 98.8 Å². The van der Waals surface area contributed by atoms with Crippen LogP contribution in [0.25, 0.3) is 76.6 Å². The number of aromatic nitrogens is 3. The first kappa shape index (κ1) is 24.5. The highest BCUT2D eigenvalue weighted by atomic mass is 32.1. The maximum absolute atomic E-state index is 6.02. The first-order chi connectivity index (χ1) is 21.1. The molecule has 9 rings (SSSR count). The van der Waals surface area contributed by atoms with Crippen LogP contribution in [0.5, 0.6) is 0 Å². The molecule has 0 aliphatic heterocycles. The van der Waals surface area contributed by atoms with Crippen LogP contribution in [0.4, 0.5) is 0 Å². The zero-order valence-corrected chi connectivity index (χ0v) is 24.4. The van der Waals surface area contributed by atoms with Crippen molar-refractivity contribution < 1.29 is 4.42 Å². The molecule has 3 aromatic heterocycles. The van der Waals surface area contributed by atoms with Gasteiger partial charge in [0, 0.05) is 53.4 Å². The lowest BCUT2D eigenvalue weighted by atomic mass is 9.80. The molecule has 0 unspecified atom stereocenters. The van der Waals surface area contributed by atoms with Gasteiger partial charge in [0.05, 0.1) is 11.4 Å². The number of fused-ring (bicyclic) bond motifs is 7. The van der Waals surface area contributed by atoms with Crippen LogP contribution in [0, 0.1) is 0 Å². The van der Waals surface area contributed by atoms with E-state index >= 15 is 0 Å². The van der Waals surface area contributed by atoms with Crippen LogP contribution in [0.3, 0.4) is 0 Å². The Morgan fingerprint density at radius 3 is 2.14 bits per heavy atom. The highest BCUT2D eigenvalue weighted by Crippen LogP contribution is 2.52. The van der Waals surface area contributed by atoms with Crippen LogP contribution in [-0.4, -0.2) is 15.0 Å². The Morgan fingerprint density at radius 2 is 1.28 bits per heavy atom. The third-order valence-corrected chi connectivity index (χ3v) is 9.95. The van der Waals surface area contributed by atoms with Gasteiger partial charge in [-0.05, 0) is 35.9 Å². The number of benzene rings is 5. The van der Waals surface area contributed by atoms with E-state index in [0.717, 1.165) is 39.2 Å². The highest BCUT2D eigenvalue weighted by Gasteiger charge is 2.40. The summed E-state index contributed by atoms with van der Waals surface area (Å²) in [7, 11) is 0. The summed E-state index contributed by atoms with van der Waals surface area (Å²) in [6, 6.07) is 40.0. The van der Waals surface area contributed by atoms with E-state index in [1.54, 1.807) is 0 Å². The van der Waals surface area contributed by atoms with Crippen molar-refractivity contribution in [1.82, 2.24) is 15.0 Å². The van der Waals surface area contributed by atoms with Crippen molar-refractivity contribution in [2.75, 3.05) is 0 Å². The van der Waals surface area contributed by atoms with Crippen molar-refractivity contribution >= 4 is 42.6 Å². The Bertz CT molecular complexity index is 2350. The van der Waals surface area contributed by atoms with Gasteiger partial charge in [-0.3, -0.25) is 0 Å². The maximum atomic E-state index is 6.02. The first-order valence-corrected chi connectivity index (χ1v) is 15.3. The van der Waals surface area contributed by atoms with E-state index in [4.69, 9.17) is 14.4 Å². The summed E-state index contributed by atoms with van der Waals surface area (Å²) >= 11 is 1.84. The van der Waals surface area contributed by atoms with E-state index in [9.17, 15) is 0 Å². The molecular formula is C38H25N3OS. The molecule has 0 bridgehead atoms. The molecule has 1 aliphatic carbocycles. The van der Waals surface area contributed by atoms with E-state index < -0.39 is 0 Å². The molecule has 8 aromatic rings. The number of oxazole rings is 1. The molecule has 43 heavy (non-hydrogen) atoms. The van der Waals surface area contributed by atoms with Crippen LogP contribution in [-0.2, 0) is 5.41 Å². The molecule has 3 heterocycles. The Labute approximate surface area is 252 Å². The summed E-state index contributed by atoms with van der Waals surface area (Å²) in [6.07, 6.45) is 0. The van der Waals surface area contributed by atoms with Crippen LogP contribution in [0.15, 0.2) is 120 Å². The topological polar surface area (TPSA) is 51.8 Å². The summed E-state index contributed by atoms with van der Waals surface area (Å²) in [4.78, 5) is 15.3. The van der Waals surface area contributed by atoms with Gasteiger partial charge < -0.3 is 4.42 Å². The van der Waals surface area contributed by atoms with Crippen LogP contribution < -0.4 is 0 Å². The number of rotatable bonds is 3. The number of thiophene rings is 1. The quantitative estimate of drug-likeness (QED) is 0.212. The van der Waals surface area contributed by atoms with Crippen LogP contribution >= 0.6 is 11.3 Å². The Hall–Kier alpha value is -5.13. The third kappa shape index (κ3) is 3.58. The van der Waals surface area contributed by atoms with Crippen LogP contribution in [0.2, 0.25) is 0 Å². The standard InChI is InChI=1S/C38H25N3OS/c1-38(2)28-14-5-3-11-26(28)33-32(38)34(27-13-9-12-25-24-10-4-8-17-31(24)43-35(25)27)41-36(40-33)22-18-20-23(21-19-22)37-39-29-15-6-7-16-30(29)42-37/h3-21H,1-2H3. The van der Waals surface area contributed by atoms with Crippen molar-refractivity contribution in [1.29, 1.82) is 0 Å². The molecule has 0 radical (unpaired) electrons. The molecule has 0 saturated heterocycles. The molecule has 204 valence electrons. The third-order valence-electron chi connectivity index (χ3n) is 8.73. The Balaban J connectivity index is 1.27. The smallest absolute Gasteiger partial charge is 0.227 e. The Morgan fingerprint density at radius 1 is 0.605 bits per heavy atom. The Kier molecular flexibility index (Phi) is 5.08. The van der Waals surface area contributed by atoms with Gasteiger partial charge in [0.25, 0.3) is 0 Å². The minimum atomic E-state index is -0.241. The molecule has 1 aliphatic rings. The van der Waals surface area contributed by atoms with Crippen molar-refractivity contribution in [2.45, 2.75) is 19.3 Å². The van der Waals surface area contributed by atoms with Crippen molar-refractivity contribution in [3.63, 3.8) is 0 Å². The predicted molar refractivity (Wildman–Crippen MR) is 176 cm³/mol. The second-order valence-electron chi connectivity index (χ2n) is 11.6. The largest absolute Gasteiger partial charge is 0.436 e. The fraction of sp³-hybridized carbons (Fsp3) is 0.0789. The number of nitrogens with zero attached hydrogens (tertiary/aromatic N) is 3. The zero-order valence-electron chi connectivity index (χ0n) is 23.6.